The van der Waals surface area contributed by atoms with Crippen LogP contribution in [0.4, 0.5) is 0 Å². The fourth-order valence-electron chi connectivity index (χ4n) is 0.923. The minimum Gasteiger partial charge on any atom is -0.478 e. The molecule has 1 rings (SSSR count). The van der Waals surface area contributed by atoms with Crippen molar-refractivity contribution in [2.24, 2.45) is 0 Å². The molecule has 0 spiro atoms. The molecule has 94 valence electrons. The van der Waals surface area contributed by atoms with Crippen LogP contribution in [0.3, 0.4) is 0 Å². The molecule has 0 bridgehead atoms. The summed E-state index contributed by atoms with van der Waals surface area (Å²) in [6.45, 7) is 0. The molecule has 0 heterocycles. The number of hydrogen-bond donors (Lipinski definition) is 3. The van der Waals surface area contributed by atoms with Crippen molar-refractivity contribution in [3.05, 3.63) is 35.4 Å². The van der Waals surface area contributed by atoms with E-state index in [1.54, 1.807) is 0 Å². The molecule has 0 saturated heterocycles. The van der Waals surface area contributed by atoms with Crippen LogP contribution < -0.4 is 6.15 Å². The number of aromatic carboxylic acids is 1. The van der Waals surface area contributed by atoms with E-state index in [9.17, 15) is 18.0 Å². The average Bonchev–Trinajstić information content (AvgIpc) is 2.15. The normalized spacial score (nSPS) is 10.2. The predicted molar refractivity (Wildman–Crippen MR) is 55.4 cm³/mol. The number of benzene rings is 1. The fraction of sp³-hybridized carbons (Fsp3) is 0. The number of carbonyl (C=O) groups is 2. The number of carbonyl (C=O) groups excluding carboxylic acids is 1. The third-order valence-electron chi connectivity index (χ3n) is 1.53. The van der Waals surface area contributed by atoms with Crippen LogP contribution in [0.25, 0.3) is 0 Å². The van der Waals surface area contributed by atoms with Gasteiger partial charge in [-0.05, 0) is 18.2 Å². The van der Waals surface area contributed by atoms with Gasteiger partial charge in [0.25, 0.3) is 0 Å². The Morgan fingerprint density at radius 2 is 1.71 bits per heavy atom. The van der Waals surface area contributed by atoms with Crippen molar-refractivity contribution in [1.82, 2.24) is 6.15 Å². The zero-order valence-corrected chi connectivity index (χ0v) is 9.18. The molecule has 0 radical (unpaired) electrons. The fourth-order valence-corrected chi connectivity index (χ4v) is 1.21. The summed E-state index contributed by atoms with van der Waals surface area (Å²) in [5.41, 5.74) is -0.498. The first-order chi connectivity index (χ1) is 7.29. The summed E-state index contributed by atoms with van der Waals surface area (Å²) < 4.78 is 32.4. The Bertz CT molecular complexity index is 537. The van der Waals surface area contributed by atoms with E-state index in [0.29, 0.717) is 0 Å². The molecule has 0 fully saturated rings. The highest BCUT2D eigenvalue weighted by atomic mass is 32.3. The van der Waals surface area contributed by atoms with Crippen molar-refractivity contribution in [1.29, 1.82) is 0 Å². The van der Waals surface area contributed by atoms with Crippen LogP contribution in [0.1, 0.15) is 20.7 Å². The number of carboxylic acid groups (broad SMARTS) is 1. The van der Waals surface area contributed by atoms with Gasteiger partial charge in [-0.25, -0.2) is 9.59 Å². The molecule has 0 aliphatic carbocycles. The second kappa shape index (κ2) is 5.39. The van der Waals surface area contributed by atoms with Crippen molar-refractivity contribution in [2.75, 3.05) is 0 Å². The van der Waals surface area contributed by atoms with Gasteiger partial charge in [-0.3, -0.25) is 4.55 Å². The molecular weight excluding hydrogens is 254 g/mol. The van der Waals surface area contributed by atoms with Crippen molar-refractivity contribution >= 4 is 22.3 Å². The summed E-state index contributed by atoms with van der Waals surface area (Å²) in [4.78, 5) is 21.6. The second-order valence-electron chi connectivity index (χ2n) is 2.68. The molecule has 0 atom stereocenters. The maximum Gasteiger partial charge on any atom is 0.449 e. The monoisotopic (exact) mass is 263 g/mol. The summed E-state index contributed by atoms with van der Waals surface area (Å²) in [5.74, 6) is -2.63. The van der Waals surface area contributed by atoms with Crippen LogP contribution in [-0.4, -0.2) is 30.0 Å². The summed E-state index contributed by atoms with van der Waals surface area (Å²) in [7, 11) is -4.90. The van der Waals surface area contributed by atoms with Gasteiger partial charge in [0.15, 0.2) is 0 Å². The average molecular weight is 263 g/mol. The lowest BCUT2D eigenvalue weighted by Crippen LogP contribution is -2.12. The second-order valence-corrected chi connectivity index (χ2v) is 3.71. The standard InChI is InChI=1S/C8H6O7S.H3N/c9-7(10)5-2-1-3-6(4-5)8(11)15-16(12,13)14;/h1-4H,(H,9,10)(H,12,13,14);1H3. The molecule has 0 aliphatic heterocycles. The zero-order chi connectivity index (χ0) is 12.3. The lowest BCUT2D eigenvalue weighted by Gasteiger charge is -2.01. The molecule has 0 aliphatic rings. The Labute approximate surface area is 96.4 Å². The predicted octanol–water partition coefficient (Wildman–Crippen LogP) is 0.506. The van der Waals surface area contributed by atoms with E-state index in [0.717, 1.165) is 12.1 Å². The molecule has 17 heavy (non-hydrogen) atoms. The molecule has 0 unspecified atom stereocenters. The molecule has 8 nitrogen and oxygen atoms in total. The molecule has 0 aromatic heterocycles. The first-order valence-corrected chi connectivity index (χ1v) is 5.21. The van der Waals surface area contributed by atoms with Gasteiger partial charge >= 0.3 is 22.3 Å². The van der Waals surface area contributed by atoms with Gasteiger partial charge in [0, 0.05) is 0 Å². The van der Waals surface area contributed by atoms with Crippen LogP contribution in [0, 0.1) is 0 Å². The van der Waals surface area contributed by atoms with E-state index in [1.165, 1.54) is 12.1 Å². The molecular formula is C8H9NO7S. The maximum atomic E-state index is 11.1. The Balaban J connectivity index is 0.00000256. The molecule has 1 aromatic carbocycles. The highest BCUT2D eigenvalue weighted by molar-refractivity contribution is 7.81. The third kappa shape index (κ3) is 4.59. The summed E-state index contributed by atoms with van der Waals surface area (Å²) >= 11 is 0. The topological polar surface area (TPSA) is 153 Å². The Kier molecular flexibility index (Phi) is 4.76. The van der Waals surface area contributed by atoms with E-state index < -0.39 is 22.3 Å². The largest absolute Gasteiger partial charge is 0.478 e. The summed E-state index contributed by atoms with van der Waals surface area (Å²) in [6, 6.07) is 4.53. The Morgan fingerprint density at radius 3 is 2.18 bits per heavy atom. The van der Waals surface area contributed by atoms with Gasteiger partial charge < -0.3 is 15.4 Å². The van der Waals surface area contributed by atoms with Crippen LogP contribution >= 0.6 is 0 Å². The van der Waals surface area contributed by atoms with E-state index in [2.05, 4.69) is 4.18 Å². The first kappa shape index (κ1) is 15.0. The van der Waals surface area contributed by atoms with Gasteiger partial charge in [-0.1, -0.05) is 6.07 Å². The number of rotatable bonds is 3. The Morgan fingerprint density at radius 1 is 1.18 bits per heavy atom. The molecule has 5 N–H and O–H groups in total. The van der Waals surface area contributed by atoms with E-state index in [1.807, 2.05) is 0 Å². The summed E-state index contributed by atoms with van der Waals surface area (Å²) in [5, 5.41) is 8.60. The van der Waals surface area contributed by atoms with Crippen molar-refractivity contribution in [3.8, 4) is 0 Å². The molecule has 0 amide bonds. The lowest BCUT2D eigenvalue weighted by molar-refractivity contribution is 0.0696. The first-order valence-electron chi connectivity index (χ1n) is 3.84. The van der Waals surface area contributed by atoms with Gasteiger partial charge in [0.05, 0.1) is 11.1 Å². The number of hydrogen-bond acceptors (Lipinski definition) is 6. The summed E-state index contributed by atoms with van der Waals surface area (Å²) in [6.07, 6.45) is 0. The van der Waals surface area contributed by atoms with E-state index in [-0.39, 0.29) is 17.3 Å². The molecule has 9 heteroatoms. The smallest absolute Gasteiger partial charge is 0.449 e. The van der Waals surface area contributed by atoms with E-state index in [4.69, 9.17) is 9.66 Å². The molecule has 0 saturated carbocycles. The quantitative estimate of drug-likeness (QED) is 0.666. The van der Waals surface area contributed by atoms with Gasteiger partial charge in [0.1, 0.15) is 0 Å². The van der Waals surface area contributed by atoms with Gasteiger partial charge in [-0.2, -0.15) is 8.42 Å². The maximum absolute atomic E-state index is 11.1. The lowest BCUT2D eigenvalue weighted by atomic mass is 10.1. The number of carboxylic acids is 1. The van der Waals surface area contributed by atoms with Gasteiger partial charge in [0.2, 0.25) is 0 Å². The third-order valence-corrected chi connectivity index (χ3v) is 1.89. The SMILES string of the molecule is N.O=C(O)c1cccc(C(=O)OS(=O)(=O)O)c1. The highest BCUT2D eigenvalue weighted by Gasteiger charge is 2.16. The molecule has 1 aromatic rings. The van der Waals surface area contributed by atoms with Crippen molar-refractivity contribution in [3.63, 3.8) is 0 Å². The van der Waals surface area contributed by atoms with Crippen LogP contribution in [0.2, 0.25) is 0 Å². The van der Waals surface area contributed by atoms with Gasteiger partial charge in [-0.15, -0.1) is 0 Å². The zero-order valence-electron chi connectivity index (χ0n) is 8.36. The van der Waals surface area contributed by atoms with Crippen LogP contribution in [0.5, 0.6) is 0 Å². The van der Waals surface area contributed by atoms with Crippen molar-refractivity contribution < 1.29 is 31.8 Å². The highest BCUT2D eigenvalue weighted by Crippen LogP contribution is 2.08. The van der Waals surface area contributed by atoms with Crippen LogP contribution in [0.15, 0.2) is 24.3 Å². The minimum absolute atomic E-state index is 0. The van der Waals surface area contributed by atoms with E-state index >= 15 is 0 Å². The van der Waals surface area contributed by atoms with Crippen molar-refractivity contribution in [2.45, 2.75) is 0 Å². The minimum atomic E-state index is -4.90. The van der Waals surface area contributed by atoms with Crippen LogP contribution in [-0.2, 0) is 14.6 Å². The Hall–Kier alpha value is -1.97.